The lowest BCUT2D eigenvalue weighted by Crippen LogP contribution is -2.30. The molecular weight excluding hydrogens is 386 g/mol. The quantitative estimate of drug-likeness (QED) is 0.815. The molecule has 0 aliphatic heterocycles. The van der Waals surface area contributed by atoms with Gasteiger partial charge in [0.2, 0.25) is 0 Å². The van der Waals surface area contributed by atoms with Gasteiger partial charge >= 0.3 is 0 Å². The highest BCUT2D eigenvalue weighted by Gasteiger charge is 2.15. The number of carbonyl (C=O) groups excluding carboxylic acids is 1. The molecule has 2 aromatic carbocycles. The Morgan fingerprint density at radius 1 is 1.10 bits per heavy atom. The summed E-state index contributed by atoms with van der Waals surface area (Å²) in [7, 11) is 0. The van der Waals surface area contributed by atoms with E-state index < -0.39 is 6.10 Å². The van der Waals surface area contributed by atoms with Gasteiger partial charge in [-0.1, -0.05) is 28.1 Å². The Balaban J connectivity index is 1.99. The van der Waals surface area contributed by atoms with Crippen LogP contribution in [0, 0.1) is 0 Å². The van der Waals surface area contributed by atoms with Crippen LogP contribution in [0.15, 0.2) is 57.5 Å². The molecule has 0 radical (unpaired) electrons. The minimum absolute atomic E-state index is 0.195. The van der Waals surface area contributed by atoms with Gasteiger partial charge in [-0.05, 0) is 59.3 Å². The van der Waals surface area contributed by atoms with E-state index in [1.807, 2.05) is 48.5 Å². The van der Waals surface area contributed by atoms with Gasteiger partial charge in [-0.25, -0.2) is 0 Å². The smallest absolute Gasteiger partial charge is 0.265 e. The first-order chi connectivity index (χ1) is 9.56. The summed E-state index contributed by atoms with van der Waals surface area (Å²) < 4.78 is 7.40. The van der Waals surface area contributed by atoms with Crippen LogP contribution >= 0.6 is 31.9 Å². The number of rotatable bonds is 4. The molecule has 20 heavy (non-hydrogen) atoms. The Labute approximate surface area is 134 Å². The molecule has 0 bridgehead atoms. The van der Waals surface area contributed by atoms with Gasteiger partial charge in [-0.3, -0.25) is 4.79 Å². The van der Waals surface area contributed by atoms with Crippen molar-refractivity contribution in [2.24, 2.45) is 0 Å². The first-order valence-corrected chi connectivity index (χ1v) is 7.62. The highest BCUT2D eigenvalue weighted by atomic mass is 79.9. The molecule has 5 heteroatoms. The van der Waals surface area contributed by atoms with E-state index in [2.05, 4.69) is 37.2 Å². The number of amides is 1. The van der Waals surface area contributed by atoms with Crippen molar-refractivity contribution in [2.75, 3.05) is 5.32 Å². The average Bonchev–Trinajstić information content (AvgIpc) is 2.44. The largest absolute Gasteiger partial charge is 0.481 e. The average molecular weight is 399 g/mol. The molecule has 1 amide bonds. The Morgan fingerprint density at radius 3 is 2.40 bits per heavy atom. The van der Waals surface area contributed by atoms with Crippen LogP contribution in [0.5, 0.6) is 5.75 Å². The molecule has 0 spiro atoms. The number of para-hydroxylation sites is 1. The molecule has 2 rings (SSSR count). The summed E-state index contributed by atoms with van der Waals surface area (Å²) >= 11 is 6.74. The molecule has 0 saturated carbocycles. The van der Waals surface area contributed by atoms with Gasteiger partial charge < -0.3 is 10.1 Å². The number of hydrogen-bond acceptors (Lipinski definition) is 2. The maximum Gasteiger partial charge on any atom is 0.265 e. The first kappa shape index (κ1) is 15.1. The molecule has 0 heterocycles. The fraction of sp³-hybridized carbons (Fsp3) is 0.133. The molecule has 0 aliphatic rings. The second-order valence-electron chi connectivity index (χ2n) is 4.18. The lowest BCUT2D eigenvalue weighted by atomic mass is 10.3. The van der Waals surface area contributed by atoms with E-state index in [0.29, 0.717) is 5.75 Å². The van der Waals surface area contributed by atoms with Crippen LogP contribution in [-0.2, 0) is 4.79 Å². The van der Waals surface area contributed by atoms with Crippen molar-refractivity contribution in [1.29, 1.82) is 0 Å². The normalized spacial score (nSPS) is 11.8. The van der Waals surface area contributed by atoms with Crippen molar-refractivity contribution in [3.63, 3.8) is 0 Å². The van der Waals surface area contributed by atoms with Crippen LogP contribution in [0.3, 0.4) is 0 Å². The van der Waals surface area contributed by atoms with E-state index in [1.165, 1.54) is 0 Å². The van der Waals surface area contributed by atoms with Crippen molar-refractivity contribution in [1.82, 2.24) is 0 Å². The van der Waals surface area contributed by atoms with Gasteiger partial charge in [0.05, 0.1) is 5.69 Å². The lowest BCUT2D eigenvalue weighted by Gasteiger charge is -2.15. The van der Waals surface area contributed by atoms with Crippen molar-refractivity contribution in [2.45, 2.75) is 13.0 Å². The standard InChI is InChI=1S/C15H13Br2NO2/c1-10(20-12-8-6-11(16)7-9-12)15(19)18-14-5-3-2-4-13(14)17/h2-10H,1H3,(H,18,19)/t10-/m1/s1. The zero-order valence-electron chi connectivity index (χ0n) is 10.8. The van der Waals surface area contributed by atoms with E-state index >= 15 is 0 Å². The third kappa shape index (κ3) is 4.08. The molecule has 1 atom stereocenters. The molecule has 1 N–H and O–H groups in total. The van der Waals surface area contributed by atoms with Crippen LogP contribution < -0.4 is 10.1 Å². The minimum atomic E-state index is -0.580. The fourth-order valence-corrected chi connectivity index (χ4v) is 2.22. The lowest BCUT2D eigenvalue weighted by molar-refractivity contribution is -0.122. The van der Waals surface area contributed by atoms with E-state index in [4.69, 9.17) is 4.74 Å². The molecule has 0 saturated heterocycles. The molecule has 0 aromatic heterocycles. The molecular formula is C15H13Br2NO2. The third-order valence-corrected chi connectivity index (χ3v) is 3.85. The van der Waals surface area contributed by atoms with Gasteiger partial charge in [-0.2, -0.15) is 0 Å². The SMILES string of the molecule is C[C@@H](Oc1ccc(Br)cc1)C(=O)Nc1ccccc1Br. The van der Waals surface area contributed by atoms with Gasteiger partial charge in [0, 0.05) is 8.95 Å². The highest BCUT2D eigenvalue weighted by molar-refractivity contribution is 9.10. The topological polar surface area (TPSA) is 38.3 Å². The summed E-state index contributed by atoms with van der Waals surface area (Å²) in [6, 6.07) is 14.8. The first-order valence-electron chi connectivity index (χ1n) is 6.04. The summed E-state index contributed by atoms with van der Waals surface area (Å²) in [6.45, 7) is 1.72. The van der Waals surface area contributed by atoms with E-state index in [-0.39, 0.29) is 5.91 Å². The van der Waals surface area contributed by atoms with Gasteiger partial charge in [-0.15, -0.1) is 0 Å². The molecule has 104 valence electrons. The van der Waals surface area contributed by atoms with E-state index in [1.54, 1.807) is 6.92 Å². The van der Waals surface area contributed by atoms with E-state index in [9.17, 15) is 4.79 Å². The molecule has 0 unspecified atom stereocenters. The summed E-state index contributed by atoms with van der Waals surface area (Å²) in [4.78, 5) is 12.1. The van der Waals surface area contributed by atoms with Crippen molar-refractivity contribution >= 4 is 43.5 Å². The number of benzene rings is 2. The van der Waals surface area contributed by atoms with Crippen molar-refractivity contribution < 1.29 is 9.53 Å². The zero-order chi connectivity index (χ0) is 14.5. The molecule has 0 aliphatic carbocycles. The minimum Gasteiger partial charge on any atom is -0.481 e. The predicted molar refractivity (Wildman–Crippen MR) is 87.0 cm³/mol. The summed E-state index contributed by atoms with van der Waals surface area (Å²) in [6.07, 6.45) is -0.580. The second-order valence-corrected chi connectivity index (χ2v) is 5.95. The van der Waals surface area contributed by atoms with Gasteiger partial charge in [0.25, 0.3) is 5.91 Å². The summed E-state index contributed by atoms with van der Waals surface area (Å²) in [5, 5.41) is 2.82. The summed E-state index contributed by atoms with van der Waals surface area (Å²) in [5.74, 6) is 0.461. The summed E-state index contributed by atoms with van der Waals surface area (Å²) in [5.41, 5.74) is 0.726. The zero-order valence-corrected chi connectivity index (χ0v) is 13.9. The van der Waals surface area contributed by atoms with E-state index in [0.717, 1.165) is 14.6 Å². The second kappa shape index (κ2) is 6.90. The number of hydrogen-bond donors (Lipinski definition) is 1. The third-order valence-electron chi connectivity index (χ3n) is 2.63. The highest BCUT2D eigenvalue weighted by Crippen LogP contribution is 2.22. The Bertz CT molecular complexity index is 599. The van der Waals surface area contributed by atoms with Crippen LogP contribution in [0.4, 0.5) is 5.69 Å². The molecule has 3 nitrogen and oxygen atoms in total. The van der Waals surface area contributed by atoms with Crippen molar-refractivity contribution in [3.8, 4) is 5.75 Å². The maximum atomic E-state index is 12.1. The predicted octanol–water partition coefficient (Wildman–Crippen LogP) is 4.62. The van der Waals surface area contributed by atoms with Crippen molar-refractivity contribution in [3.05, 3.63) is 57.5 Å². The molecule has 0 fully saturated rings. The Hall–Kier alpha value is -1.33. The number of halogens is 2. The monoisotopic (exact) mass is 397 g/mol. The van der Waals surface area contributed by atoms with Gasteiger partial charge in [0.1, 0.15) is 5.75 Å². The number of carbonyl (C=O) groups is 1. The fourth-order valence-electron chi connectivity index (χ4n) is 1.57. The Kier molecular flexibility index (Phi) is 5.20. The maximum absolute atomic E-state index is 12.1. The van der Waals surface area contributed by atoms with Crippen LogP contribution in [0.1, 0.15) is 6.92 Å². The van der Waals surface area contributed by atoms with Gasteiger partial charge in [0.15, 0.2) is 6.10 Å². The number of nitrogens with one attached hydrogen (secondary N) is 1. The molecule has 2 aromatic rings. The number of anilines is 1. The Morgan fingerprint density at radius 2 is 1.75 bits per heavy atom. The van der Waals surface area contributed by atoms with Crippen LogP contribution in [0.2, 0.25) is 0 Å². The number of ether oxygens (including phenoxy) is 1. The van der Waals surface area contributed by atoms with Crippen LogP contribution in [0.25, 0.3) is 0 Å². The van der Waals surface area contributed by atoms with Crippen LogP contribution in [-0.4, -0.2) is 12.0 Å².